The van der Waals surface area contributed by atoms with Gasteiger partial charge in [0.05, 0.1) is 0 Å². The molecular formula is C21H16N2O3. The molecule has 0 fully saturated rings. The number of aromatic nitrogens is 2. The van der Waals surface area contributed by atoms with E-state index in [2.05, 4.69) is 9.97 Å². The number of esters is 1. The smallest absolute Gasteiger partial charge is 0.355 e. The number of aromatic amines is 2. The SMILES string of the molecule is O=C(O[C@@H](C(=O)c1c[nH]c2ccccc12)c1ccccc1)c1ccc[nH]1. The van der Waals surface area contributed by atoms with Crippen LogP contribution in [0.5, 0.6) is 0 Å². The summed E-state index contributed by atoms with van der Waals surface area (Å²) in [6.07, 6.45) is 2.27. The third kappa shape index (κ3) is 2.91. The highest BCUT2D eigenvalue weighted by molar-refractivity contribution is 6.10. The first-order chi connectivity index (χ1) is 12.7. The first-order valence-corrected chi connectivity index (χ1v) is 8.23. The van der Waals surface area contributed by atoms with Crippen molar-refractivity contribution in [3.8, 4) is 0 Å². The van der Waals surface area contributed by atoms with Crippen molar-refractivity contribution in [1.82, 2.24) is 9.97 Å². The van der Waals surface area contributed by atoms with Crippen LogP contribution in [0, 0.1) is 0 Å². The number of benzene rings is 2. The number of ketones is 1. The largest absolute Gasteiger partial charge is 0.444 e. The van der Waals surface area contributed by atoms with Gasteiger partial charge in [-0.1, -0.05) is 48.5 Å². The molecule has 4 aromatic rings. The number of H-pyrrole nitrogens is 2. The van der Waals surface area contributed by atoms with Crippen LogP contribution in [0.25, 0.3) is 10.9 Å². The Hall–Kier alpha value is -3.60. The summed E-state index contributed by atoms with van der Waals surface area (Å²) in [6, 6.07) is 19.9. The van der Waals surface area contributed by atoms with Gasteiger partial charge in [0.25, 0.3) is 0 Å². The zero-order valence-electron chi connectivity index (χ0n) is 13.8. The molecule has 0 unspecified atom stereocenters. The van der Waals surface area contributed by atoms with Crippen LogP contribution in [0.2, 0.25) is 0 Å². The fourth-order valence-corrected chi connectivity index (χ4v) is 2.95. The van der Waals surface area contributed by atoms with Crippen LogP contribution in [0.15, 0.2) is 79.1 Å². The van der Waals surface area contributed by atoms with E-state index >= 15 is 0 Å². The predicted molar refractivity (Wildman–Crippen MR) is 98.0 cm³/mol. The molecule has 1 atom stereocenters. The summed E-state index contributed by atoms with van der Waals surface area (Å²) in [5.41, 5.74) is 2.28. The number of carbonyl (C=O) groups excluding carboxylic acids is 2. The molecule has 0 aliphatic carbocycles. The average molecular weight is 344 g/mol. The van der Waals surface area contributed by atoms with Crippen molar-refractivity contribution < 1.29 is 14.3 Å². The van der Waals surface area contributed by atoms with Gasteiger partial charge in [-0.25, -0.2) is 4.79 Å². The Morgan fingerprint density at radius 3 is 2.38 bits per heavy atom. The number of hydrogen-bond acceptors (Lipinski definition) is 3. The minimum absolute atomic E-state index is 0.270. The molecule has 128 valence electrons. The lowest BCUT2D eigenvalue weighted by Crippen LogP contribution is -2.20. The quantitative estimate of drug-likeness (QED) is 0.419. The third-order valence-electron chi connectivity index (χ3n) is 4.24. The first-order valence-electron chi connectivity index (χ1n) is 8.23. The Morgan fingerprint density at radius 1 is 0.846 bits per heavy atom. The Kier molecular flexibility index (Phi) is 4.11. The van der Waals surface area contributed by atoms with Gasteiger partial charge in [0.1, 0.15) is 5.69 Å². The molecule has 2 aromatic carbocycles. The Balaban J connectivity index is 1.73. The molecule has 0 saturated heterocycles. The van der Waals surface area contributed by atoms with Crippen molar-refractivity contribution in [2.45, 2.75) is 6.10 Å². The summed E-state index contributed by atoms with van der Waals surface area (Å²) in [5, 5.41) is 0.800. The molecule has 26 heavy (non-hydrogen) atoms. The number of ether oxygens (including phenoxy) is 1. The molecule has 0 spiro atoms. The number of carbonyl (C=O) groups is 2. The summed E-state index contributed by atoms with van der Waals surface area (Å²) in [5.74, 6) is -0.842. The van der Waals surface area contributed by atoms with E-state index in [1.54, 1.807) is 36.7 Å². The van der Waals surface area contributed by atoms with Crippen molar-refractivity contribution in [3.05, 3.63) is 95.9 Å². The topological polar surface area (TPSA) is 75.0 Å². The second-order valence-electron chi connectivity index (χ2n) is 5.89. The van der Waals surface area contributed by atoms with Crippen LogP contribution in [0.4, 0.5) is 0 Å². The van der Waals surface area contributed by atoms with Crippen molar-refractivity contribution in [1.29, 1.82) is 0 Å². The van der Waals surface area contributed by atoms with Gasteiger partial charge in [0.15, 0.2) is 6.10 Å². The maximum atomic E-state index is 13.2. The predicted octanol–water partition coefficient (Wildman–Crippen LogP) is 4.28. The van der Waals surface area contributed by atoms with Crippen molar-refractivity contribution in [3.63, 3.8) is 0 Å². The number of fused-ring (bicyclic) bond motifs is 1. The number of hydrogen-bond donors (Lipinski definition) is 2. The van der Waals surface area contributed by atoms with E-state index in [0.29, 0.717) is 16.8 Å². The van der Waals surface area contributed by atoms with Crippen molar-refractivity contribution in [2.24, 2.45) is 0 Å². The second kappa shape index (κ2) is 6.72. The molecule has 2 aromatic heterocycles. The average Bonchev–Trinajstić information content (AvgIpc) is 3.36. The molecule has 0 radical (unpaired) electrons. The lowest BCUT2D eigenvalue weighted by atomic mass is 9.99. The number of para-hydroxylation sites is 1. The molecule has 5 heteroatoms. The lowest BCUT2D eigenvalue weighted by molar-refractivity contribution is 0.0275. The molecule has 2 N–H and O–H groups in total. The van der Waals surface area contributed by atoms with Crippen molar-refractivity contribution in [2.75, 3.05) is 0 Å². The molecule has 0 bridgehead atoms. The maximum Gasteiger partial charge on any atom is 0.355 e. The van der Waals surface area contributed by atoms with E-state index in [-0.39, 0.29) is 5.78 Å². The molecule has 5 nitrogen and oxygen atoms in total. The fourth-order valence-electron chi connectivity index (χ4n) is 2.95. The van der Waals surface area contributed by atoms with Crippen LogP contribution in [0.3, 0.4) is 0 Å². The van der Waals surface area contributed by atoms with E-state index in [1.165, 1.54) is 0 Å². The zero-order chi connectivity index (χ0) is 17.9. The molecule has 0 aliphatic rings. The normalized spacial score (nSPS) is 12.0. The van der Waals surface area contributed by atoms with Crippen LogP contribution in [0.1, 0.15) is 32.5 Å². The van der Waals surface area contributed by atoms with E-state index in [0.717, 1.165) is 10.9 Å². The fraction of sp³-hybridized carbons (Fsp3) is 0.0476. The van der Waals surface area contributed by atoms with E-state index < -0.39 is 12.1 Å². The lowest BCUT2D eigenvalue weighted by Gasteiger charge is -2.16. The number of nitrogens with one attached hydrogen (secondary N) is 2. The van der Waals surface area contributed by atoms with Crippen LogP contribution < -0.4 is 0 Å². The molecular weight excluding hydrogens is 328 g/mol. The second-order valence-corrected chi connectivity index (χ2v) is 5.89. The molecule has 0 saturated carbocycles. The first kappa shape index (κ1) is 15.9. The monoisotopic (exact) mass is 344 g/mol. The van der Waals surface area contributed by atoms with Crippen LogP contribution in [-0.2, 0) is 4.74 Å². The standard InChI is InChI=1S/C21H16N2O3/c24-19(16-13-23-17-10-5-4-9-15(16)17)20(14-7-2-1-3-8-14)26-21(25)18-11-6-12-22-18/h1-13,20,22-23H/t20-/m1/s1. The van der Waals surface area contributed by atoms with Gasteiger partial charge >= 0.3 is 5.97 Å². The third-order valence-corrected chi connectivity index (χ3v) is 4.24. The van der Waals surface area contributed by atoms with Gasteiger partial charge in [-0.3, -0.25) is 4.79 Å². The van der Waals surface area contributed by atoms with Gasteiger partial charge < -0.3 is 14.7 Å². The van der Waals surface area contributed by atoms with E-state index in [4.69, 9.17) is 4.74 Å². The summed E-state index contributed by atoms with van der Waals surface area (Å²) in [7, 11) is 0. The maximum absolute atomic E-state index is 13.2. The highest BCUT2D eigenvalue weighted by Gasteiger charge is 2.28. The highest BCUT2D eigenvalue weighted by Crippen LogP contribution is 2.27. The Bertz CT molecular complexity index is 1050. The number of Topliss-reactive ketones (excluding diaryl/α,β-unsaturated/α-hetero) is 1. The van der Waals surface area contributed by atoms with Crippen LogP contribution in [-0.4, -0.2) is 21.7 Å². The molecule has 0 aliphatic heterocycles. The Labute approximate surface area is 149 Å². The summed E-state index contributed by atoms with van der Waals surface area (Å²) in [4.78, 5) is 31.5. The van der Waals surface area contributed by atoms with Gasteiger partial charge in [-0.15, -0.1) is 0 Å². The van der Waals surface area contributed by atoms with Gasteiger partial charge in [-0.05, 0) is 18.2 Å². The minimum Gasteiger partial charge on any atom is -0.444 e. The highest BCUT2D eigenvalue weighted by atomic mass is 16.5. The van der Waals surface area contributed by atoms with E-state index in [9.17, 15) is 9.59 Å². The minimum atomic E-state index is -1.02. The summed E-state index contributed by atoms with van der Waals surface area (Å²) < 4.78 is 5.58. The number of rotatable bonds is 5. The van der Waals surface area contributed by atoms with Gasteiger partial charge in [0, 0.05) is 34.4 Å². The molecule has 2 heterocycles. The van der Waals surface area contributed by atoms with Gasteiger partial charge in [0.2, 0.25) is 5.78 Å². The zero-order valence-corrected chi connectivity index (χ0v) is 13.8. The van der Waals surface area contributed by atoms with Crippen LogP contribution >= 0.6 is 0 Å². The molecule has 4 rings (SSSR count). The van der Waals surface area contributed by atoms with Crippen molar-refractivity contribution >= 4 is 22.7 Å². The van der Waals surface area contributed by atoms with E-state index in [1.807, 2.05) is 42.5 Å². The Morgan fingerprint density at radius 2 is 1.62 bits per heavy atom. The van der Waals surface area contributed by atoms with Gasteiger partial charge in [-0.2, -0.15) is 0 Å². The summed E-state index contributed by atoms with van der Waals surface area (Å²) in [6.45, 7) is 0. The summed E-state index contributed by atoms with van der Waals surface area (Å²) >= 11 is 0. The molecule has 0 amide bonds.